The molecular weight excluding hydrogens is 381 g/mol. The van der Waals surface area contributed by atoms with Crippen LogP contribution in [0.1, 0.15) is 10.4 Å². The predicted octanol–water partition coefficient (Wildman–Crippen LogP) is 5.26. The van der Waals surface area contributed by atoms with Crippen LogP contribution in [0.3, 0.4) is 0 Å². The average Bonchev–Trinajstić information content (AvgIpc) is 3.23. The molecule has 2 heterocycles. The van der Waals surface area contributed by atoms with E-state index in [1.165, 1.54) is 11.3 Å². The van der Waals surface area contributed by atoms with Crippen LogP contribution in [0.4, 0.5) is 15.8 Å². The Morgan fingerprint density at radius 3 is 2.68 bits per heavy atom. The molecule has 2 aromatic heterocycles. The van der Waals surface area contributed by atoms with Crippen molar-refractivity contribution in [3.05, 3.63) is 87.5 Å². The number of amides is 1. The van der Waals surface area contributed by atoms with Crippen LogP contribution >= 0.6 is 11.3 Å². The van der Waals surface area contributed by atoms with Crippen molar-refractivity contribution in [2.75, 3.05) is 5.32 Å². The summed E-state index contributed by atoms with van der Waals surface area (Å²) in [5.41, 5.74) is 0.990. The first-order chi connectivity index (χ1) is 13.5. The molecule has 138 valence electrons. The largest absolute Gasteiger partial charge is 0.319 e. The number of fused-ring (bicyclic) bond motifs is 1. The monoisotopic (exact) mass is 393 g/mol. The van der Waals surface area contributed by atoms with Crippen molar-refractivity contribution >= 4 is 39.5 Å². The summed E-state index contributed by atoms with van der Waals surface area (Å²) < 4.78 is 14.1. The fourth-order valence-electron chi connectivity index (χ4n) is 2.83. The number of hydrogen-bond acceptors (Lipinski definition) is 5. The minimum absolute atomic E-state index is 0.252. The minimum Gasteiger partial charge on any atom is -0.319 e. The highest BCUT2D eigenvalue weighted by Crippen LogP contribution is 2.29. The first-order valence-corrected chi connectivity index (χ1v) is 9.10. The summed E-state index contributed by atoms with van der Waals surface area (Å²) in [6.07, 6.45) is 0. The SMILES string of the molecule is O=C(Nc1cc([N+](=O)[O-])ccc1F)c1cc(-c2cccs2)nc2ccccc12. The zero-order chi connectivity index (χ0) is 19.7. The van der Waals surface area contributed by atoms with Crippen molar-refractivity contribution in [3.63, 3.8) is 0 Å². The quantitative estimate of drug-likeness (QED) is 0.378. The Bertz CT molecular complexity index is 1210. The molecule has 4 aromatic rings. The molecule has 0 fully saturated rings. The van der Waals surface area contributed by atoms with E-state index in [-0.39, 0.29) is 11.4 Å². The molecule has 0 saturated carbocycles. The van der Waals surface area contributed by atoms with E-state index in [9.17, 15) is 19.3 Å². The van der Waals surface area contributed by atoms with E-state index in [0.717, 1.165) is 23.1 Å². The number of hydrogen-bond donors (Lipinski definition) is 1. The van der Waals surface area contributed by atoms with Gasteiger partial charge in [-0.2, -0.15) is 0 Å². The van der Waals surface area contributed by atoms with Gasteiger partial charge in [0.2, 0.25) is 0 Å². The molecule has 0 aliphatic heterocycles. The Morgan fingerprint density at radius 1 is 1.11 bits per heavy atom. The molecule has 6 nitrogen and oxygen atoms in total. The van der Waals surface area contributed by atoms with Gasteiger partial charge >= 0.3 is 0 Å². The highest BCUT2D eigenvalue weighted by molar-refractivity contribution is 7.13. The van der Waals surface area contributed by atoms with Gasteiger partial charge < -0.3 is 5.32 Å². The van der Waals surface area contributed by atoms with Crippen LogP contribution in [0.5, 0.6) is 0 Å². The van der Waals surface area contributed by atoms with E-state index in [1.54, 1.807) is 24.3 Å². The average molecular weight is 393 g/mol. The van der Waals surface area contributed by atoms with Gasteiger partial charge in [0, 0.05) is 17.5 Å². The number of thiophene rings is 1. The van der Waals surface area contributed by atoms with Gasteiger partial charge in [0.05, 0.1) is 32.3 Å². The van der Waals surface area contributed by atoms with Crippen molar-refractivity contribution < 1.29 is 14.1 Å². The summed E-state index contributed by atoms with van der Waals surface area (Å²) in [7, 11) is 0. The lowest BCUT2D eigenvalue weighted by molar-refractivity contribution is -0.384. The van der Waals surface area contributed by atoms with Crippen molar-refractivity contribution in [2.24, 2.45) is 0 Å². The molecule has 8 heteroatoms. The van der Waals surface area contributed by atoms with Crippen molar-refractivity contribution in [1.82, 2.24) is 4.98 Å². The van der Waals surface area contributed by atoms with E-state index < -0.39 is 16.6 Å². The van der Waals surface area contributed by atoms with Gasteiger partial charge in [0.25, 0.3) is 11.6 Å². The number of aromatic nitrogens is 1. The van der Waals surface area contributed by atoms with Gasteiger partial charge in [-0.05, 0) is 29.6 Å². The number of nitro groups is 1. The molecule has 0 atom stereocenters. The van der Waals surface area contributed by atoms with Gasteiger partial charge in [-0.25, -0.2) is 9.37 Å². The predicted molar refractivity (Wildman–Crippen MR) is 106 cm³/mol. The summed E-state index contributed by atoms with van der Waals surface area (Å²) in [4.78, 5) is 28.7. The smallest absolute Gasteiger partial charge is 0.271 e. The summed E-state index contributed by atoms with van der Waals surface area (Å²) in [5, 5.41) is 15.9. The third kappa shape index (κ3) is 3.33. The third-order valence-electron chi connectivity index (χ3n) is 4.14. The molecule has 0 saturated heterocycles. The number of halogens is 1. The number of nitrogens with zero attached hydrogens (tertiary/aromatic N) is 2. The van der Waals surface area contributed by atoms with E-state index in [0.29, 0.717) is 22.2 Å². The molecule has 0 spiro atoms. The van der Waals surface area contributed by atoms with E-state index in [2.05, 4.69) is 10.3 Å². The molecule has 0 unspecified atom stereocenters. The molecule has 1 N–H and O–H groups in total. The second-order valence-corrected chi connectivity index (χ2v) is 6.87. The van der Waals surface area contributed by atoms with Crippen molar-refractivity contribution in [2.45, 2.75) is 0 Å². The maximum Gasteiger partial charge on any atom is 0.271 e. The number of carbonyl (C=O) groups is 1. The molecule has 0 aliphatic rings. The summed E-state index contributed by atoms with van der Waals surface area (Å²) in [6.45, 7) is 0. The Morgan fingerprint density at radius 2 is 1.93 bits per heavy atom. The van der Waals surface area contributed by atoms with Gasteiger partial charge in [0.1, 0.15) is 5.82 Å². The van der Waals surface area contributed by atoms with Crippen LogP contribution in [0.25, 0.3) is 21.5 Å². The van der Waals surface area contributed by atoms with E-state index >= 15 is 0 Å². The number of nitro benzene ring substituents is 1. The van der Waals surface area contributed by atoms with Crippen molar-refractivity contribution in [1.29, 1.82) is 0 Å². The van der Waals surface area contributed by atoms with E-state index in [1.807, 2.05) is 23.6 Å². The number of pyridine rings is 1. The lowest BCUT2D eigenvalue weighted by Crippen LogP contribution is -2.14. The molecule has 1 amide bonds. The Hall–Kier alpha value is -3.65. The number of rotatable bonds is 4. The Kier molecular flexibility index (Phi) is 4.54. The molecular formula is C20H12FN3O3S. The first-order valence-electron chi connectivity index (χ1n) is 8.22. The van der Waals surface area contributed by atoms with Crippen LogP contribution in [0.2, 0.25) is 0 Å². The maximum absolute atomic E-state index is 14.1. The van der Waals surface area contributed by atoms with E-state index in [4.69, 9.17) is 0 Å². The van der Waals surface area contributed by atoms with Crippen LogP contribution in [-0.4, -0.2) is 15.8 Å². The van der Waals surface area contributed by atoms with Crippen LogP contribution in [-0.2, 0) is 0 Å². The highest BCUT2D eigenvalue weighted by atomic mass is 32.1. The molecule has 0 aliphatic carbocycles. The normalized spacial score (nSPS) is 10.8. The standard InChI is InChI=1S/C20H12FN3O3S/c21-15-8-7-12(24(26)27)10-17(15)23-20(25)14-11-18(19-6-3-9-28-19)22-16-5-2-1-4-13(14)16/h1-11H,(H,23,25). The number of anilines is 1. The van der Waals surface area contributed by atoms with Crippen molar-refractivity contribution in [3.8, 4) is 10.6 Å². The first kappa shape index (κ1) is 17.7. The number of benzene rings is 2. The van der Waals surface area contributed by atoms with Gasteiger partial charge in [0.15, 0.2) is 0 Å². The topological polar surface area (TPSA) is 85.1 Å². The minimum atomic E-state index is -0.754. The third-order valence-corrected chi connectivity index (χ3v) is 5.04. The summed E-state index contributed by atoms with van der Waals surface area (Å²) in [6, 6.07) is 15.5. The number of nitrogens with one attached hydrogen (secondary N) is 1. The molecule has 2 aromatic carbocycles. The number of non-ortho nitro benzene ring substituents is 1. The summed E-state index contributed by atoms with van der Waals surface area (Å²) in [5.74, 6) is -1.33. The van der Waals surface area contributed by atoms with Gasteiger partial charge in [-0.1, -0.05) is 24.3 Å². The Balaban J connectivity index is 1.79. The number of para-hydroxylation sites is 1. The zero-order valence-corrected chi connectivity index (χ0v) is 15.1. The van der Waals surface area contributed by atoms with Crippen LogP contribution < -0.4 is 5.32 Å². The molecule has 4 rings (SSSR count). The fraction of sp³-hybridized carbons (Fsp3) is 0. The van der Waals surface area contributed by atoms with Gasteiger partial charge in [-0.3, -0.25) is 14.9 Å². The lowest BCUT2D eigenvalue weighted by Gasteiger charge is -2.10. The van der Waals surface area contributed by atoms with Crippen LogP contribution in [0, 0.1) is 15.9 Å². The summed E-state index contributed by atoms with van der Waals surface area (Å²) >= 11 is 1.49. The second kappa shape index (κ2) is 7.16. The highest BCUT2D eigenvalue weighted by Gasteiger charge is 2.18. The van der Waals surface area contributed by atoms with Gasteiger partial charge in [-0.15, -0.1) is 11.3 Å². The molecule has 0 bridgehead atoms. The second-order valence-electron chi connectivity index (χ2n) is 5.92. The zero-order valence-electron chi connectivity index (χ0n) is 14.3. The Labute approximate surface area is 162 Å². The maximum atomic E-state index is 14.1. The van der Waals surface area contributed by atoms with Crippen LogP contribution in [0.15, 0.2) is 66.0 Å². The molecule has 28 heavy (non-hydrogen) atoms. The molecule has 0 radical (unpaired) electrons. The number of carbonyl (C=O) groups excluding carboxylic acids is 1. The lowest BCUT2D eigenvalue weighted by atomic mass is 10.1. The fourth-order valence-corrected chi connectivity index (χ4v) is 3.51.